The second kappa shape index (κ2) is 8.14. The molecule has 1 unspecified atom stereocenters. The molecule has 0 aliphatic carbocycles. The standard InChI is InChI=1S/C15H25N3O5/c1-3-22-15(21)18-8-6-17(7-9-18)14(20)11(2)16-13(19)12-5-4-10-23-12/h11-12H,3-10H2,1-2H3,(H,16,19)/t11-,12?/m1/s1. The number of piperazine rings is 1. The van der Waals surface area contributed by atoms with Crippen LogP contribution in [0.3, 0.4) is 0 Å². The Bertz CT molecular complexity index is 442. The molecule has 2 aliphatic rings. The third-order valence-corrected chi connectivity index (χ3v) is 4.07. The fraction of sp³-hybridized carbons (Fsp3) is 0.800. The quantitative estimate of drug-likeness (QED) is 0.783. The van der Waals surface area contributed by atoms with Crippen molar-refractivity contribution in [3.63, 3.8) is 0 Å². The molecule has 0 spiro atoms. The third kappa shape index (κ3) is 4.57. The molecule has 2 saturated heterocycles. The molecule has 8 nitrogen and oxygen atoms in total. The lowest BCUT2D eigenvalue weighted by molar-refractivity contribution is -0.139. The molecule has 130 valence electrons. The Morgan fingerprint density at radius 3 is 2.43 bits per heavy atom. The summed E-state index contributed by atoms with van der Waals surface area (Å²) in [6.07, 6.45) is 0.784. The zero-order chi connectivity index (χ0) is 16.8. The van der Waals surface area contributed by atoms with E-state index in [0.29, 0.717) is 45.8 Å². The predicted octanol–water partition coefficient (Wildman–Crippen LogP) is -0.0292. The van der Waals surface area contributed by atoms with Gasteiger partial charge in [-0.25, -0.2) is 4.79 Å². The molecule has 8 heteroatoms. The van der Waals surface area contributed by atoms with E-state index in [0.717, 1.165) is 6.42 Å². The van der Waals surface area contributed by atoms with Crippen molar-refractivity contribution in [2.45, 2.75) is 38.8 Å². The number of carbonyl (C=O) groups excluding carboxylic acids is 3. The number of amides is 3. The average Bonchev–Trinajstić information content (AvgIpc) is 3.09. The lowest BCUT2D eigenvalue weighted by Crippen LogP contribution is -2.55. The first-order valence-electron chi connectivity index (χ1n) is 8.15. The Kier molecular flexibility index (Phi) is 6.20. The van der Waals surface area contributed by atoms with Crippen molar-refractivity contribution in [3.05, 3.63) is 0 Å². The summed E-state index contributed by atoms with van der Waals surface area (Å²) >= 11 is 0. The van der Waals surface area contributed by atoms with Crippen LogP contribution in [0, 0.1) is 0 Å². The molecule has 0 aromatic carbocycles. The van der Waals surface area contributed by atoms with Gasteiger partial charge in [-0.1, -0.05) is 0 Å². The number of rotatable bonds is 4. The monoisotopic (exact) mass is 327 g/mol. The zero-order valence-electron chi connectivity index (χ0n) is 13.7. The lowest BCUT2D eigenvalue weighted by atomic mass is 10.2. The molecule has 2 heterocycles. The predicted molar refractivity (Wildman–Crippen MR) is 81.8 cm³/mol. The van der Waals surface area contributed by atoms with Gasteiger partial charge in [0, 0.05) is 32.8 Å². The molecule has 0 aromatic rings. The molecule has 2 fully saturated rings. The maximum atomic E-state index is 12.4. The van der Waals surface area contributed by atoms with Crippen LogP contribution in [0.1, 0.15) is 26.7 Å². The second-order valence-corrected chi connectivity index (χ2v) is 5.74. The average molecular weight is 327 g/mol. The maximum absolute atomic E-state index is 12.4. The second-order valence-electron chi connectivity index (χ2n) is 5.74. The van der Waals surface area contributed by atoms with Crippen molar-refractivity contribution in [3.8, 4) is 0 Å². The Balaban J connectivity index is 1.77. The van der Waals surface area contributed by atoms with Gasteiger partial charge < -0.3 is 24.6 Å². The van der Waals surface area contributed by atoms with Crippen LogP contribution in [0.15, 0.2) is 0 Å². The van der Waals surface area contributed by atoms with E-state index in [4.69, 9.17) is 9.47 Å². The van der Waals surface area contributed by atoms with Gasteiger partial charge in [-0.05, 0) is 26.7 Å². The summed E-state index contributed by atoms with van der Waals surface area (Å²) in [6, 6.07) is -0.596. The first kappa shape index (κ1) is 17.5. The van der Waals surface area contributed by atoms with E-state index in [9.17, 15) is 14.4 Å². The van der Waals surface area contributed by atoms with Gasteiger partial charge in [0.15, 0.2) is 0 Å². The molecule has 0 bridgehead atoms. The van der Waals surface area contributed by atoms with Gasteiger partial charge in [0.2, 0.25) is 11.8 Å². The van der Waals surface area contributed by atoms with Crippen LogP contribution in [-0.2, 0) is 19.1 Å². The van der Waals surface area contributed by atoms with Crippen molar-refractivity contribution >= 4 is 17.9 Å². The highest BCUT2D eigenvalue weighted by molar-refractivity contribution is 5.89. The zero-order valence-corrected chi connectivity index (χ0v) is 13.7. The molecular formula is C15H25N3O5. The lowest BCUT2D eigenvalue weighted by Gasteiger charge is -2.35. The summed E-state index contributed by atoms with van der Waals surface area (Å²) < 4.78 is 10.3. The SMILES string of the molecule is CCOC(=O)N1CCN(C(=O)[C@@H](C)NC(=O)C2CCCO2)CC1. The topological polar surface area (TPSA) is 88.2 Å². The van der Waals surface area contributed by atoms with Crippen molar-refractivity contribution < 1.29 is 23.9 Å². The van der Waals surface area contributed by atoms with Gasteiger partial charge in [-0.15, -0.1) is 0 Å². The van der Waals surface area contributed by atoms with E-state index < -0.39 is 12.1 Å². The van der Waals surface area contributed by atoms with E-state index in [2.05, 4.69) is 5.32 Å². The van der Waals surface area contributed by atoms with Crippen molar-refractivity contribution in [1.29, 1.82) is 0 Å². The maximum Gasteiger partial charge on any atom is 0.409 e. The van der Waals surface area contributed by atoms with Crippen LogP contribution < -0.4 is 5.32 Å². The van der Waals surface area contributed by atoms with E-state index in [1.807, 2.05) is 0 Å². The van der Waals surface area contributed by atoms with Crippen molar-refractivity contribution in [2.24, 2.45) is 0 Å². The molecule has 23 heavy (non-hydrogen) atoms. The Morgan fingerprint density at radius 1 is 1.22 bits per heavy atom. The first-order valence-corrected chi connectivity index (χ1v) is 8.15. The van der Waals surface area contributed by atoms with Crippen LogP contribution >= 0.6 is 0 Å². The minimum atomic E-state index is -0.596. The smallest absolute Gasteiger partial charge is 0.409 e. The molecule has 2 rings (SSSR count). The van der Waals surface area contributed by atoms with Gasteiger partial charge >= 0.3 is 6.09 Å². The molecule has 0 saturated carbocycles. The molecule has 2 aliphatic heterocycles. The Labute approximate surface area is 136 Å². The number of carbonyl (C=O) groups is 3. The summed E-state index contributed by atoms with van der Waals surface area (Å²) in [4.78, 5) is 39.2. The summed E-state index contributed by atoms with van der Waals surface area (Å²) in [6.45, 7) is 6.13. The Morgan fingerprint density at radius 2 is 1.87 bits per heavy atom. The molecule has 1 N–H and O–H groups in total. The molecule has 2 atom stereocenters. The normalized spacial score (nSPS) is 22.6. The fourth-order valence-corrected chi connectivity index (χ4v) is 2.75. The van der Waals surface area contributed by atoms with E-state index >= 15 is 0 Å². The van der Waals surface area contributed by atoms with Crippen molar-refractivity contribution in [1.82, 2.24) is 15.1 Å². The number of ether oxygens (including phenoxy) is 2. The van der Waals surface area contributed by atoms with Crippen LogP contribution in [-0.4, -0.2) is 79.2 Å². The van der Waals surface area contributed by atoms with Crippen molar-refractivity contribution in [2.75, 3.05) is 39.4 Å². The first-order chi connectivity index (χ1) is 11.0. The molecule has 0 radical (unpaired) electrons. The highest BCUT2D eigenvalue weighted by Gasteiger charge is 2.30. The highest BCUT2D eigenvalue weighted by Crippen LogP contribution is 2.12. The molecule has 0 aromatic heterocycles. The van der Waals surface area contributed by atoms with Gasteiger partial charge in [0.25, 0.3) is 0 Å². The molecular weight excluding hydrogens is 302 g/mol. The van der Waals surface area contributed by atoms with Gasteiger partial charge in [-0.3, -0.25) is 9.59 Å². The fourth-order valence-electron chi connectivity index (χ4n) is 2.75. The summed E-state index contributed by atoms with van der Waals surface area (Å²) in [7, 11) is 0. The number of nitrogens with one attached hydrogen (secondary N) is 1. The van der Waals surface area contributed by atoms with E-state index in [-0.39, 0.29) is 17.9 Å². The van der Waals surface area contributed by atoms with Crippen LogP contribution in [0.4, 0.5) is 4.79 Å². The Hall–Kier alpha value is -1.83. The summed E-state index contributed by atoms with van der Waals surface area (Å²) in [5, 5.41) is 2.71. The van der Waals surface area contributed by atoms with Crippen LogP contribution in [0.25, 0.3) is 0 Å². The minimum Gasteiger partial charge on any atom is -0.450 e. The van der Waals surface area contributed by atoms with Crippen LogP contribution in [0.5, 0.6) is 0 Å². The van der Waals surface area contributed by atoms with Gasteiger partial charge in [0.05, 0.1) is 6.61 Å². The van der Waals surface area contributed by atoms with Gasteiger partial charge in [-0.2, -0.15) is 0 Å². The number of nitrogens with zero attached hydrogens (tertiary/aromatic N) is 2. The van der Waals surface area contributed by atoms with Gasteiger partial charge in [0.1, 0.15) is 12.1 Å². The number of hydrogen-bond acceptors (Lipinski definition) is 5. The minimum absolute atomic E-state index is 0.139. The van der Waals surface area contributed by atoms with E-state index in [1.165, 1.54) is 0 Å². The highest BCUT2D eigenvalue weighted by atomic mass is 16.6. The van der Waals surface area contributed by atoms with E-state index in [1.54, 1.807) is 23.6 Å². The number of hydrogen-bond donors (Lipinski definition) is 1. The molecule has 3 amide bonds. The van der Waals surface area contributed by atoms with Crippen LogP contribution in [0.2, 0.25) is 0 Å². The summed E-state index contributed by atoms with van der Waals surface area (Å²) in [5.74, 6) is -0.367. The summed E-state index contributed by atoms with van der Waals surface area (Å²) in [5.41, 5.74) is 0. The largest absolute Gasteiger partial charge is 0.450 e. The third-order valence-electron chi connectivity index (χ3n) is 4.07.